The van der Waals surface area contributed by atoms with Gasteiger partial charge in [0.25, 0.3) is 5.91 Å². The summed E-state index contributed by atoms with van der Waals surface area (Å²) >= 11 is 5.96. The van der Waals surface area contributed by atoms with Crippen molar-refractivity contribution >= 4 is 34.7 Å². The van der Waals surface area contributed by atoms with Crippen molar-refractivity contribution in [3.63, 3.8) is 0 Å². The Balaban J connectivity index is 2.02. The number of anilines is 3. The van der Waals surface area contributed by atoms with E-state index >= 15 is 0 Å². The number of hydrogen-bond acceptors (Lipinski definition) is 6. The second kappa shape index (κ2) is 10.1. The maximum absolute atomic E-state index is 13.3. The van der Waals surface area contributed by atoms with Gasteiger partial charge in [-0.2, -0.15) is 13.2 Å². The molecule has 0 bridgehead atoms. The SMILES string of the molecule is COc1cc(NC(=O)c2ccc(C(F)(F)F)nc2Nc2ccc(Cl)cc2C)cc(OC)c1OC. The van der Waals surface area contributed by atoms with Crippen LogP contribution in [0.25, 0.3) is 0 Å². The molecule has 0 aliphatic rings. The van der Waals surface area contributed by atoms with Crippen molar-refractivity contribution in [1.29, 1.82) is 0 Å². The van der Waals surface area contributed by atoms with Gasteiger partial charge in [0.05, 0.1) is 26.9 Å². The molecule has 1 heterocycles. The quantitative estimate of drug-likeness (QED) is 0.413. The van der Waals surface area contributed by atoms with E-state index in [2.05, 4.69) is 15.6 Å². The Hall–Kier alpha value is -3.66. The topological polar surface area (TPSA) is 81.7 Å². The van der Waals surface area contributed by atoms with Gasteiger partial charge in [-0.25, -0.2) is 4.98 Å². The number of nitrogens with zero attached hydrogens (tertiary/aromatic N) is 1. The summed E-state index contributed by atoms with van der Waals surface area (Å²) in [6.45, 7) is 1.72. The molecular weight excluding hydrogens is 475 g/mol. The van der Waals surface area contributed by atoms with Crippen LogP contribution in [0.4, 0.5) is 30.4 Å². The molecule has 0 fully saturated rings. The van der Waals surface area contributed by atoms with E-state index in [1.165, 1.54) is 33.5 Å². The molecule has 0 radical (unpaired) electrons. The Labute approximate surface area is 198 Å². The molecule has 0 saturated heterocycles. The summed E-state index contributed by atoms with van der Waals surface area (Å²) in [7, 11) is 4.27. The average Bonchev–Trinajstić information content (AvgIpc) is 2.79. The number of rotatable bonds is 7. The zero-order valence-corrected chi connectivity index (χ0v) is 19.4. The second-order valence-electron chi connectivity index (χ2n) is 7.04. The minimum atomic E-state index is -4.70. The van der Waals surface area contributed by atoms with E-state index in [4.69, 9.17) is 25.8 Å². The van der Waals surface area contributed by atoms with Crippen LogP contribution in [-0.4, -0.2) is 32.2 Å². The average molecular weight is 496 g/mol. The van der Waals surface area contributed by atoms with Gasteiger partial charge in [-0.1, -0.05) is 11.6 Å². The van der Waals surface area contributed by atoms with Crippen molar-refractivity contribution in [3.8, 4) is 17.2 Å². The zero-order chi connectivity index (χ0) is 25.0. The highest BCUT2D eigenvalue weighted by atomic mass is 35.5. The van der Waals surface area contributed by atoms with Crippen LogP contribution in [0.3, 0.4) is 0 Å². The Morgan fingerprint density at radius 3 is 2.15 bits per heavy atom. The monoisotopic (exact) mass is 495 g/mol. The number of carbonyl (C=O) groups is 1. The number of aromatic nitrogens is 1. The lowest BCUT2D eigenvalue weighted by Gasteiger charge is -2.17. The molecule has 1 aromatic heterocycles. The fourth-order valence-corrected chi connectivity index (χ4v) is 3.37. The lowest BCUT2D eigenvalue weighted by molar-refractivity contribution is -0.141. The maximum atomic E-state index is 13.3. The molecule has 11 heteroatoms. The van der Waals surface area contributed by atoms with Crippen LogP contribution in [0.1, 0.15) is 21.6 Å². The van der Waals surface area contributed by atoms with E-state index in [0.717, 1.165) is 12.1 Å². The van der Waals surface area contributed by atoms with E-state index in [0.29, 0.717) is 22.0 Å². The molecule has 2 N–H and O–H groups in total. The first-order valence-corrected chi connectivity index (χ1v) is 10.2. The van der Waals surface area contributed by atoms with Gasteiger partial charge in [-0.3, -0.25) is 4.79 Å². The summed E-state index contributed by atoms with van der Waals surface area (Å²) in [5.74, 6) is -0.0785. The number of halogens is 4. The van der Waals surface area contributed by atoms with Crippen molar-refractivity contribution in [2.24, 2.45) is 0 Å². The van der Waals surface area contributed by atoms with Gasteiger partial charge in [-0.05, 0) is 42.8 Å². The number of benzene rings is 2. The number of hydrogen-bond donors (Lipinski definition) is 2. The summed E-state index contributed by atoms with van der Waals surface area (Å²) in [4.78, 5) is 16.7. The van der Waals surface area contributed by atoms with Crippen LogP contribution in [0.15, 0.2) is 42.5 Å². The third-order valence-electron chi connectivity index (χ3n) is 4.79. The van der Waals surface area contributed by atoms with Crippen LogP contribution in [-0.2, 0) is 6.18 Å². The van der Waals surface area contributed by atoms with Crippen LogP contribution < -0.4 is 24.8 Å². The first kappa shape index (κ1) is 25.0. The molecule has 0 aliphatic heterocycles. The smallest absolute Gasteiger partial charge is 0.433 e. The maximum Gasteiger partial charge on any atom is 0.433 e. The molecule has 2 aromatic carbocycles. The van der Waals surface area contributed by atoms with E-state index in [1.807, 2.05) is 0 Å². The molecule has 1 amide bonds. The summed E-state index contributed by atoms with van der Waals surface area (Å²) in [6, 6.07) is 9.56. The first-order valence-electron chi connectivity index (χ1n) is 9.80. The van der Waals surface area contributed by atoms with Crippen LogP contribution >= 0.6 is 11.6 Å². The molecular formula is C23H21ClF3N3O4. The minimum Gasteiger partial charge on any atom is -0.493 e. The minimum absolute atomic E-state index is 0.115. The summed E-state index contributed by atoms with van der Waals surface area (Å²) in [5, 5.41) is 5.90. The largest absolute Gasteiger partial charge is 0.493 e. The van der Waals surface area contributed by atoms with Crippen LogP contribution in [0, 0.1) is 6.92 Å². The van der Waals surface area contributed by atoms with Crippen molar-refractivity contribution < 1.29 is 32.2 Å². The molecule has 0 aliphatic carbocycles. The Morgan fingerprint density at radius 1 is 0.971 bits per heavy atom. The van der Waals surface area contributed by atoms with Crippen molar-refractivity contribution in [3.05, 3.63) is 64.3 Å². The lowest BCUT2D eigenvalue weighted by Crippen LogP contribution is -2.17. The van der Waals surface area contributed by atoms with Gasteiger partial charge in [-0.15, -0.1) is 0 Å². The number of pyridine rings is 1. The number of ether oxygens (including phenoxy) is 3. The molecule has 7 nitrogen and oxygen atoms in total. The van der Waals surface area contributed by atoms with Crippen molar-refractivity contribution in [2.75, 3.05) is 32.0 Å². The van der Waals surface area contributed by atoms with E-state index < -0.39 is 17.8 Å². The fraction of sp³-hybridized carbons (Fsp3) is 0.217. The molecule has 0 spiro atoms. The Bertz CT molecular complexity index is 1190. The van der Waals surface area contributed by atoms with Gasteiger partial charge >= 0.3 is 6.18 Å². The molecule has 3 aromatic rings. The molecule has 0 unspecified atom stereocenters. The first-order chi connectivity index (χ1) is 16.1. The fourth-order valence-electron chi connectivity index (χ4n) is 3.14. The van der Waals surface area contributed by atoms with Gasteiger partial charge in [0.2, 0.25) is 5.75 Å². The van der Waals surface area contributed by atoms with E-state index in [9.17, 15) is 18.0 Å². The number of alkyl halides is 3. The number of carbonyl (C=O) groups excluding carboxylic acids is 1. The van der Waals surface area contributed by atoms with Gasteiger partial charge in [0, 0.05) is 28.5 Å². The molecule has 3 rings (SSSR count). The lowest BCUT2D eigenvalue weighted by atomic mass is 10.1. The van der Waals surface area contributed by atoms with Gasteiger partial charge < -0.3 is 24.8 Å². The highest BCUT2D eigenvalue weighted by Crippen LogP contribution is 2.40. The van der Waals surface area contributed by atoms with E-state index in [1.54, 1.807) is 25.1 Å². The number of methoxy groups -OCH3 is 3. The number of nitrogens with one attached hydrogen (secondary N) is 2. The summed E-state index contributed by atoms with van der Waals surface area (Å²) in [6.07, 6.45) is -4.70. The van der Waals surface area contributed by atoms with Crippen molar-refractivity contribution in [1.82, 2.24) is 4.98 Å². The third kappa shape index (κ3) is 5.45. The number of aryl methyl sites for hydroxylation is 1. The second-order valence-corrected chi connectivity index (χ2v) is 7.48. The molecule has 0 atom stereocenters. The van der Waals surface area contributed by atoms with Crippen LogP contribution in [0.5, 0.6) is 17.2 Å². The summed E-state index contributed by atoms with van der Waals surface area (Å²) < 4.78 is 55.7. The van der Waals surface area contributed by atoms with Crippen LogP contribution in [0.2, 0.25) is 5.02 Å². The highest BCUT2D eigenvalue weighted by Gasteiger charge is 2.33. The Morgan fingerprint density at radius 2 is 1.62 bits per heavy atom. The van der Waals surface area contributed by atoms with Gasteiger partial charge in [0.15, 0.2) is 11.5 Å². The predicted molar refractivity (Wildman–Crippen MR) is 123 cm³/mol. The van der Waals surface area contributed by atoms with Crippen molar-refractivity contribution in [2.45, 2.75) is 13.1 Å². The Kier molecular flexibility index (Phi) is 7.41. The standard InChI is InChI=1S/C23H21ClF3N3O4/c1-12-9-13(24)5-7-16(12)29-21-15(6-8-19(30-21)23(25,26)27)22(31)28-14-10-17(32-2)20(34-4)18(11-14)33-3/h5-11H,1-4H3,(H,28,31)(H,29,30). The zero-order valence-electron chi connectivity index (χ0n) is 18.6. The molecule has 0 saturated carbocycles. The third-order valence-corrected chi connectivity index (χ3v) is 5.03. The number of amides is 1. The molecule has 180 valence electrons. The predicted octanol–water partition coefficient (Wildman–Crippen LogP) is 6.08. The van der Waals surface area contributed by atoms with E-state index in [-0.39, 0.29) is 28.6 Å². The summed E-state index contributed by atoms with van der Waals surface area (Å²) in [5.41, 5.74) is 0.107. The molecule has 34 heavy (non-hydrogen) atoms. The van der Waals surface area contributed by atoms with Gasteiger partial charge in [0.1, 0.15) is 11.5 Å². The normalized spacial score (nSPS) is 11.1. The highest BCUT2D eigenvalue weighted by molar-refractivity contribution is 6.30.